The molecule has 0 unspecified atom stereocenters. The summed E-state index contributed by atoms with van der Waals surface area (Å²) in [7, 11) is 0. The van der Waals surface area contributed by atoms with Gasteiger partial charge in [-0.25, -0.2) is 9.97 Å². The van der Waals surface area contributed by atoms with E-state index in [1.165, 1.54) is 5.56 Å². The maximum absolute atomic E-state index is 6.28. The largest absolute Gasteiger partial charge is 0.346 e. The Balaban J connectivity index is 1.77. The Morgan fingerprint density at radius 1 is 1.12 bits per heavy atom. The molecule has 5 nitrogen and oxygen atoms in total. The lowest BCUT2D eigenvalue weighted by Crippen LogP contribution is -2.26. The number of aromatic amines is 1. The molecule has 0 bridgehead atoms. The molecule has 0 aliphatic carbocycles. The smallest absolute Gasteiger partial charge is 0.143 e. The number of hydrogen-bond acceptors (Lipinski definition) is 4. The molecule has 7 heteroatoms. The lowest BCUT2D eigenvalue weighted by molar-refractivity contribution is 0.462. The van der Waals surface area contributed by atoms with Gasteiger partial charge >= 0.3 is 0 Å². The minimum absolute atomic E-state index is 0.501. The number of fused-ring (bicyclic) bond motifs is 1. The van der Waals surface area contributed by atoms with Crippen molar-refractivity contribution in [2.24, 2.45) is 0 Å². The molecule has 0 saturated carbocycles. The van der Waals surface area contributed by atoms with Crippen LogP contribution in [-0.2, 0) is 0 Å². The van der Waals surface area contributed by atoms with Crippen LogP contribution in [0.2, 0.25) is 10.0 Å². The summed E-state index contributed by atoms with van der Waals surface area (Å²) in [5.74, 6) is 1.25. The van der Waals surface area contributed by atoms with Crippen molar-refractivity contribution in [3.63, 3.8) is 0 Å². The van der Waals surface area contributed by atoms with Crippen LogP contribution in [0.5, 0.6) is 0 Å². The third-order valence-corrected chi connectivity index (χ3v) is 5.03. The van der Waals surface area contributed by atoms with E-state index in [2.05, 4.69) is 31.8 Å². The Morgan fingerprint density at radius 3 is 2.79 bits per heavy atom. The number of anilines is 2. The molecule has 1 aliphatic rings. The van der Waals surface area contributed by atoms with E-state index >= 15 is 0 Å². The standard InChI is InChI=1S/C17H17Cl2N5/c18-11-1-2-13(19)14(7-11)24-17-15-12(10-3-5-20-6-4-10)8-21-16(15)22-9-23-17/h1-2,7-10,20H,3-6H2,(H2,21,22,23,24). The van der Waals surface area contributed by atoms with Gasteiger partial charge in [0.05, 0.1) is 16.1 Å². The van der Waals surface area contributed by atoms with E-state index in [4.69, 9.17) is 23.2 Å². The minimum atomic E-state index is 0.501. The van der Waals surface area contributed by atoms with Gasteiger partial charge in [-0.05, 0) is 55.6 Å². The van der Waals surface area contributed by atoms with E-state index < -0.39 is 0 Å². The number of piperidine rings is 1. The maximum Gasteiger partial charge on any atom is 0.143 e. The quantitative estimate of drug-likeness (QED) is 0.643. The summed E-state index contributed by atoms with van der Waals surface area (Å²) < 4.78 is 0. The monoisotopic (exact) mass is 361 g/mol. The van der Waals surface area contributed by atoms with Crippen LogP contribution in [0.4, 0.5) is 11.5 Å². The van der Waals surface area contributed by atoms with Gasteiger partial charge in [-0.3, -0.25) is 0 Å². The fraction of sp³-hybridized carbons (Fsp3) is 0.294. The van der Waals surface area contributed by atoms with Crippen molar-refractivity contribution in [1.29, 1.82) is 0 Å². The van der Waals surface area contributed by atoms with E-state index in [0.717, 1.165) is 48.5 Å². The summed E-state index contributed by atoms with van der Waals surface area (Å²) in [5, 5.41) is 8.98. The average Bonchev–Trinajstić information content (AvgIpc) is 3.04. The lowest BCUT2D eigenvalue weighted by Gasteiger charge is -2.22. The molecule has 3 N–H and O–H groups in total. The molecule has 1 aromatic carbocycles. The number of H-pyrrole nitrogens is 1. The van der Waals surface area contributed by atoms with Gasteiger partial charge in [0, 0.05) is 11.2 Å². The second kappa shape index (κ2) is 6.59. The van der Waals surface area contributed by atoms with Gasteiger partial charge in [0.1, 0.15) is 17.8 Å². The van der Waals surface area contributed by atoms with Crippen LogP contribution >= 0.6 is 23.2 Å². The zero-order valence-corrected chi connectivity index (χ0v) is 14.5. The Morgan fingerprint density at radius 2 is 1.96 bits per heavy atom. The highest BCUT2D eigenvalue weighted by molar-refractivity contribution is 6.35. The number of nitrogens with one attached hydrogen (secondary N) is 3. The summed E-state index contributed by atoms with van der Waals surface area (Å²) in [6.07, 6.45) is 5.82. The predicted octanol–water partition coefficient (Wildman–Crippen LogP) is 4.48. The van der Waals surface area contributed by atoms with Crippen molar-refractivity contribution in [2.45, 2.75) is 18.8 Å². The van der Waals surface area contributed by atoms with E-state index in [0.29, 0.717) is 16.0 Å². The van der Waals surface area contributed by atoms with Gasteiger partial charge in [0.15, 0.2) is 0 Å². The Hall–Kier alpha value is -1.82. The number of halogens is 2. The zero-order valence-electron chi connectivity index (χ0n) is 12.9. The van der Waals surface area contributed by atoms with Crippen molar-refractivity contribution in [3.8, 4) is 0 Å². The van der Waals surface area contributed by atoms with Gasteiger partial charge in [-0.1, -0.05) is 23.2 Å². The van der Waals surface area contributed by atoms with Crippen LogP contribution in [-0.4, -0.2) is 28.0 Å². The van der Waals surface area contributed by atoms with Crippen molar-refractivity contribution in [2.75, 3.05) is 18.4 Å². The molecule has 2 aromatic heterocycles. The first-order valence-corrected chi connectivity index (χ1v) is 8.73. The third-order valence-electron chi connectivity index (χ3n) is 4.46. The molecular formula is C17H17Cl2N5. The molecule has 4 rings (SSSR count). The first-order valence-electron chi connectivity index (χ1n) is 7.97. The van der Waals surface area contributed by atoms with Crippen molar-refractivity contribution >= 4 is 45.7 Å². The lowest BCUT2D eigenvalue weighted by atomic mass is 9.90. The molecule has 1 aliphatic heterocycles. The SMILES string of the molecule is Clc1ccc(Cl)c(Nc2ncnc3[nH]cc(C4CCNCC4)c23)c1. The summed E-state index contributed by atoms with van der Waals surface area (Å²) in [6, 6.07) is 5.34. The van der Waals surface area contributed by atoms with Crippen molar-refractivity contribution in [1.82, 2.24) is 20.3 Å². The summed E-state index contributed by atoms with van der Waals surface area (Å²) in [6.45, 7) is 2.07. The van der Waals surface area contributed by atoms with Gasteiger partial charge in [-0.2, -0.15) is 0 Å². The first-order chi connectivity index (χ1) is 11.7. The van der Waals surface area contributed by atoms with Crippen LogP contribution in [0.1, 0.15) is 24.3 Å². The summed E-state index contributed by atoms with van der Waals surface area (Å²) >= 11 is 12.4. The second-order valence-electron chi connectivity index (χ2n) is 5.96. The molecule has 0 spiro atoms. The number of hydrogen-bond donors (Lipinski definition) is 3. The average molecular weight is 362 g/mol. The summed E-state index contributed by atoms with van der Waals surface area (Å²) in [4.78, 5) is 12.1. The van der Waals surface area contributed by atoms with Gasteiger partial charge in [0.25, 0.3) is 0 Å². The van der Waals surface area contributed by atoms with E-state index in [1.54, 1.807) is 24.5 Å². The van der Waals surface area contributed by atoms with Crippen LogP contribution in [0, 0.1) is 0 Å². The molecule has 3 aromatic rings. The molecule has 124 valence electrons. The van der Waals surface area contributed by atoms with E-state index in [-0.39, 0.29) is 0 Å². The topological polar surface area (TPSA) is 65.6 Å². The molecular weight excluding hydrogens is 345 g/mol. The normalized spacial score (nSPS) is 15.8. The van der Waals surface area contributed by atoms with Gasteiger partial charge < -0.3 is 15.6 Å². The molecule has 24 heavy (non-hydrogen) atoms. The fourth-order valence-electron chi connectivity index (χ4n) is 3.26. The zero-order chi connectivity index (χ0) is 16.5. The molecule has 0 radical (unpaired) electrons. The second-order valence-corrected chi connectivity index (χ2v) is 6.81. The Labute approximate surface area is 149 Å². The van der Waals surface area contributed by atoms with Crippen molar-refractivity contribution < 1.29 is 0 Å². The number of benzene rings is 1. The molecule has 0 amide bonds. The highest BCUT2D eigenvalue weighted by Gasteiger charge is 2.21. The fourth-order valence-corrected chi connectivity index (χ4v) is 3.59. The molecule has 1 fully saturated rings. The molecule has 3 heterocycles. The third kappa shape index (κ3) is 2.95. The number of rotatable bonds is 3. The van der Waals surface area contributed by atoms with Crippen LogP contribution < -0.4 is 10.6 Å². The number of aromatic nitrogens is 3. The maximum atomic E-state index is 6.28. The van der Waals surface area contributed by atoms with E-state index in [1.807, 2.05) is 0 Å². The summed E-state index contributed by atoms with van der Waals surface area (Å²) in [5.41, 5.74) is 2.83. The van der Waals surface area contributed by atoms with Crippen molar-refractivity contribution in [3.05, 3.63) is 46.3 Å². The predicted molar refractivity (Wildman–Crippen MR) is 98.5 cm³/mol. The highest BCUT2D eigenvalue weighted by Crippen LogP contribution is 2.36. The Bertz CT molecular complexity index is 871. The Kier molecular flexibility index (Phi) is 4.31. The van der Waals surface area contributed by atoms with Crippen LogP contribution in [0.15, 0.2) is 30.7 Å². The van der Waals surface area contributed by atoms with Crippen LogP contribution in [0.3, 0.4) is 0 Å². The minimum Gasteiger partial charge on any atom is -0.346 e. The van der Waals surface area contributed by atoms with E-state index in [9.17, 15) is 0 Å². The molecule has 0 atom stereocenters. The van der Waals surface area contributed by atoms with Gasteiger partial charge in [0.2, 0.25) is 0 Å². The highest BCUT2D eigenvalue weighted by atomic mass is 35.5. The van der Waals surface area contributed by atoms with Crippen LogP contribution in [0.25, 0.3) is 11.0 Å². The van der Waals surface area contributed by atoms with Gasteiger partial charge in [-0.15, -0.1) is 0 Å². The molecule has 1 saturated heterocycles. The number of nitrogens with zero attached hydrogens (tertiary/aromatic N) is 2. The first kappa shape index (κ1) is 15.7.